The molecule has 4 aromatic rings. The topological polar surface area (TPSA) is 121 Å². The van der Waals surface area contributed by atoms with Crippen LogP contribution >= 0.6 is 22.7 Å². The van der Waals surface area contributed by atoms with Crippen LogP contribution in [0.2, 0.25) is 0 Å². The van der Waals surface area contributed by atoms with E-state index in [1.54, 1.807) is 33.5 Å². The van der Waals surface area contributed by atoms with Gasteiger partial charge in [-0.1, -0.05) is 42.7 Å². The van der Waals surface area contributed by atoms with E-state index in [1.807, 2.05) is 29.6 Å². The largest absolute Gasteiger partial charge is 0.493 e. The number of amides is 1. The molecule has 2 aromatic carbocycles. The molecule has 0 radical (unpaired) electrons. The van der Waals surface area contributed by atoms with Crippen LogP contribution in [0.15, 0.2) is 41.8 Å². The third kappa shape index (κ3) is 5.94. The lowest BCUT2D eigenvalue weighted by atomic mass is 9.88. The summed E-state index contributed by atoms with van der Waals surface area (Å²) in [7, 11) is 4.70. The molecule has 1 amide bonds. The van der Waals surface area contributed by atoms with E-state index in [2.05, 4.69) is 15.6 Å². The minimum atomic E-state index is 0.102. The van der Waals surface area contributed by atoms with Crippen LogP contribution in [-0.2, 0) is 4.79 Å². The summed E-state index contributed by atoms with van der Waals surface area (Å²) >= 11 is 2.91. The predicted molar refractivity (Wildman–Crippen MR) is 158 cm³/mol. The fourth-order valence-electron chi connectivity index (χ4n) is 4.69. The van der Waals surface area contributed by atoms with E-state index in [4.69, 9.17) is 24.9 Å². The molecule has 2 heterocycles. The summed E-state index contributed by atoms with van der Waals surface area (Å²) in [5.74, 6) is 2.18. The summed E-state index contributed by atoms with van der Waals surface area (Å²) in [4.78, 5) is 22.8. The van der Waals surface area contributed by atoms with Crippen molar-refractivity contribution >= 4 is 50.9 Å². The maximum absolute atomic E-state index is 12.7. The third-order valence-corrected chi connectivity index (χ3v) is 8.65. The number of carbonyl (C=O) groups excluding carboxylic acids is 1. The quantitative estimate of drug-likeness (QED) is 0.203. The van der Waals surface area contributed by atoms with Gasteiger partial charge in [-0.2, -0.15) is 0 Å². The number of methoxy groups -OCH3 is 3. The molecule has 204 valence electrons. The lowest BCUT2D eigenvalue weighted by molar-refractivity contribution is -0.120. The van der Waals surface area contributed by atoms with E-state index in [9.17, 15) is 4.79 Å². The fraction of sp³-hybridized carbons (Fsp3) is 0.321. The van der Waals surface area contributed by atoms with Gasteiger partial charge in [0.1, 0.15) is 15.7 Å². The highest BCUT2D eigenvalue weighted by molar-refractivity contribution is 7.23. The Morgan fingerprint density at radius 3 is 2.41 bits per heavy atom. The summed E-state index contributed by atoms with van der Waals surface area (Å²) in [6.07, 6.45) is 5.40. The molecule has 0 spiro atoms. The second-order valence-electron chi connectivity index (χ2n) is 9.22. The fourth-order valence-corrected chi connectivity index (χ4v) is 6.52. The van der Waals surface area contributed by atoms with Crippen LogP contribution in [0.25, 0.3) is 21.1 Å². The van der Waals surface area contributed by atoms with E-state index in [-0.39, 0.29) is 11.8 Å². The minimum absolute atomic E-state index is 0.102. The van der Waals surface area contributed by atoms with Gasteiger partial charge in [-0.3, -0.25) is 4.79 Å². The maximum atomic E-state index is 12.7. The molecule has 39 heavy (non-hydrogen) atoms. The molecule has 2 aromatic heterocycles. The molecule has 4 N–H and O–H groups in total. The molecular weight excluding hydrogens is 534 g/mol. The molecule has 1 aliphatic carbocycles. The first-order valence-electron chi connectivity index (χ1n) is 12.7. The molecule has 11 heteroatoms. The minimum Gasteiger partial charge on any atom is -0.493 e. The Morgan fingerprint density at radius 1 is 0.974 bits per heavy atom. The summed E-state index contributed by atoms with van der Waals surface area (Å²) < 4.78 is 16.3. The average Bonchev–Trinajstić information content (AvgIpc) is 3.59. The van der Waals surface area contributed by atoms with Crippen molar-refractivity contribution in [2.24, 2.45) is 5.92 Å². The number of nitrogens with one attached hydrogen (secondary N) is 2. The maximum Gasteiger partial charge on any atom is 0.227 e. The van der Waals surface area contributed by atoms with Gasteiger partial charge in [-0.25, -0.2) is 9.97 Å². The van der Waals surface area contributed by atoms with Gasteiger partial charge < -0.3 is 30.6 Å². The lowest BCUT2D eigenvalue weighted by Gasteiger charge is -2.20. The predicted octanol–water partition coefficient (Wildman–Crippen LogP) is 6.80. The molecule has 0 saturated heterocycles. The number of anilines is 4. The van der Waals surface area contributed by atoms with E-state index in [1.165, 1.54) is 29.1 Å². The van der Waals surface area contributed by atoms with Gasteiger partial charge in [-0.15, -0.1) is 11.3 Å². The summed E-state index contributed by atoms with van der Waals surface area (Å²) in [6.45, 7) is 0. The first kappa shape index (κ1) is 26.8. The van der Waals surface area contributed by atoms with Crippen molar-refractivity contribution in [1.29, 1.82) is 0 Å². The zero-order valence-electron chi connectivity index (χ0n) is 22.1. The van der Waals surface area contributed by atoms with E-state index in [0.717, 1.165) is 58.2 Å². The van der Waals surface area contributed by atoms with Gasteiger partial charge in [0.05, 0.1) is 27.0 Å². The molecule has 0 aliphatic heterocycles. The Hall–Kier alpha value is -3.83. The number of benzene rings is 2. The number of rotatable bonds is 9. The smallest absolute Gasteiger partial charge is 0.227 e. The second kappa shape index (κ2) is 11.9. The molecule has 5 rings (SSSR count). The molecule has 0 atom stereocenters. The Bertz CT molecular complexity index is 1440. The Kier molecular flexibility index (Phi) is 8.18. The van der Waals surface area contributed by atoms with Crippen LogP contribution in [0.5, 0.6) is 17.2 Å². The molecule has 0 unspecified atom stereocenters. The summed E-state index contributed by atoms with van der Waals surface area (Å²) in [5, 5.41) is 9.74. The Labute approximate surface area is 235 Å². The van der Waals surface area contributed by atoms with E-state index in [0.29, 0.717) is 28.2 Å². The number of hydrogen-bond donors (Lipinski definition) is 3. The number of carbonyl (C=O) groups is 1. The molecular formula is C28H31N5O4S2. The Balaban J connectivity index is 1.33. The highest BCUT2D eigenvalue weighted by Crippen LogP contribution is 2.43. The molecule has 9 nitrogen and oxygen atoms in total. The first-order chi connectivity index (χ1) is 19.0. The molecule has 0 bridgehead atoms. The first-order valence-corrected chi connectivity index (χ1v) is 14.4. The Morgan fingerprint density at radius 2 is 1.72 bits per heavy atom. The van der Waals surface area contributed by atoms with Crippen LogP contribution < -0.4 is 30.6 Å². The van der Waals surface area contributed by atoms with Crippen LogP contribution in [0.4, 0.5) is 22.3 Å². The van der Waals surface area contributed by atoms with Crippen molar-refractivity contribution in [3.63, 3.8) is 0 Å². The lowest BCUT2D eigenvalue weighted by Crippen LogP contribution is -2.24. The zero-order chi connectivity index (χ0) is 27.4. The van der Waals surface area contributed by atoms with Crippen molar-refractivity contribution in [3.8, 4) is 38.4 Å². The van der Waals surface area contributed by atoms with Crippen LogP contribution in [0.3, 0.4) is 0 Å². The number of ether oxygens (including phenoxy) is 3. The second-order valence-corrected chi connectivity index (χ2v) is 11.1. The van der Waals surface area contributed by atoms with E-state index < -0.39 is 0 Å². The van der Waals surface area contributed by atoms with Crippen molar-refractivity contribution < 1.29 is 19.0 Å². The number of thiazole rings is 2. The van der Waals surface area contributed by atoms with E-state index >= 15 is 0 Å². The number of nitrogens with zero attached hydrogens (tertiary/aromatic N) is 2. The normalized spacial score (nSPS) is 13.6. The molecule has 1 fully saturated rings. The number of nitrogen functional groups attached to an aromatic ring is 1. The number of nitrogens with two attached hydrogens (primary N) is 1. The van der Waals surface area contributed by atoms with Gasteiger partial charge >= 0.3 is 0 Å². The van der Waals surface area contributed by atoms with Crippen LogP contribution in [-0.4, -0.2) is 37.2 Å². The number of aromatic nitrogens is 2. The van der Waals surface area contributed by atoms with Crippen molar-refractivity contribution in [2.75, 3.05) is 37.7 Å². The van der Waals surface area contributed by atoms with Crippen LogP contribution in [0, 0.1) is 5.92 Å². The van der Waals surface area contributed by atoms with Crippen molar-refractivity contribution in [2.45, 2.75) is 32.1 Å². The van der Waals surface area contributed by atoms with Crippen molar-refractivity contribution in [3.05, 3.63) is 41.8 Å². The zero-order valence-corrected chi connectivity index (χ0v) is 23.7. The SMILES string of the molecule is COc1cc(Nc2nc(N)c(-c3nc(-c4cccc(NC(=O)C5CCCCC5)c4)cs3)s2)cc(OC)c1OC. The highest BCUT2D eigenvalue weighted by atomic mass is 32.1. The third-order valence-electron chi connectivity index (χ3n) is 6.67. The standard InChI is InChI=1S/C28H31N5O4S2/c1-35-21-13-19(14-22(36-2)23(21)37-3)31-28-33-25(29)24(39-28)27-32-20(15-38-27)17-10-7-11-18(12-17)30-26(34)16-8-5-4-6-9-16/h7,10-16H,4-6,8-9,29H2,1-3H3,(H,30,34)(H,31,33). The van der Waals surface area contributed by atoms with Gasteiger partial charge in [-0.05, 0) is 25.0 Å². The average molecular weight is 566 g/mol. The van der Waals surface area contributed by atoms with Crippen molar-refractivity contribution in [1.82, 2.24) is 9.97 Å². The summed E-state index contributed by atoms with van der Waals surface area (Å²) in [5.41, 5.74) is 9.54. The monoisotopic (exact) mass is 565 g/mol. The van der Waals surface area contributed by atoms with Gasteiger partial charge in [0, 0.05) is 40.4 Å². The van der Waals surface area contributed by atoms with Gasteiger partial charge in [0.25, 0.3) is 0 Å². The highest BCUT2D eigenvalue weighted by Gasteiger charge is 2.22. The number of hydrogen-bond acceptors (Lipinski definition) is 10. The van der Waals surface area contributed by atoms with Gasteiger partial charge in [0.15, 0.2) is 16.6 Å². The summed E-state index contributed by atoms with van der Waals surface area (Å²) in [6, 6.07) is 11.4. The van der Waals surface area contributed by atoms with Crippen LogP contribution in [0.1, 0.15) is 32.1 Å². The molecule has 1 saturated carbocycles. The van der Waals surface area contributed by atoms with Gasteiger partial charge in [0.2, 0.25) is 11.7 Å². The molecule has 1 aliphatic rings.